The average molecular weight is 295 g/mol. The summed E-state index contributed by atoms with van der Waals surface area (Å²) in [5.74, 6) is 0.0358. The Hall–Kier alpha value is -2.16. The SMILES string of the molecule is O=C1c2cc(CCF)ccc2CN1c1ccc2c(c1)CCC2. The zero-order valence-electron chi connectivity index (χ0n) is 12.4. The standard InChI is InChI=1S/C19H18FNO/c20-9-8-13-4-5-16-12-21(19(22)18(16)10-13)17-7-6-14-2-1-3-15(14)11-17/h4-7,10-11H,1-3,8-9,12H2. The Kier molecular flexibility index (Phi) is 3.21. The molecule has 0 aromatic heterocycles. The molecule has 2 aromatic carbocycles. The van der Waals surface area contributed by atoms with E-state index in [0.29, 0.717) is 13.0 Å². The third-order valence-electron chi connectivity index (χ3n) is 4.76. The van der Waals surface area contributed by atoms with E-state index in [0.717, 1.165) is 35.2 Å². The molecular weight excluding hydrogens is 277 g/mol. The van der Waals surface area contributed by atoms with Gasteiger partial charge in [0.15, 0.2) is 0 Å². The molecule has 2 nitrogen and oxygen atoms in total. The molecule has 0 spiro atoms. The second kappa shape index (κ2) is 5.24. The minimum atomic E-state index is -0.387. The van der Waals surface area contributed by atoms with Crippen LogP contribution in [0.3, 0.4) is 0 Å². The predicted octanol–water partition coefficient (Wildman–Crippen LogP) is 3.85. The molecule has 22 heavy (non-hydrogen) atoms. The third-order valence-corrected chi connectivity index (χ3v) is 4.76. The Morgan fingerprint density at radius 3 is 2.68 bits per heavy atom. The number of carbonyl (C=O) groups excluding carboxylic acids is 1. The van der Waals surface area contributed by atoms with Gasteiger partial charge in [0, 0.05) is 17.7 Å². The van der Waals surface area contributed by atoms with Gasteiger partial charge in [-0.3, -0.25) is 9.18 Å². The van der Waals surface area contributed by atoms with Crippen molar-refractivity contribution in [1.82, 2.24) is 0 Å². The van der Waals surface area contributed by atoms with Gasteiger partial charge in [-0.05, 0) is 59.7 Å². The summed E-state index contributed by atoms with van der Waals surface area (Å²) in [4.78, 5) is 14.5. The number of benzene rings is 2. The van der Waals surface area contributed by atoms with Gasteiger partial charge in [-0.15, -0.1) is 0 Å². The van der Waals surface area contributed by atoms with Gasteiger partial charge >= 0.3 is 0 Å². The molecule has 4 rings (SSSR count). The van der Waals surface area contributed by atoms with Crippen molar-refractivity contribution in [1.29, 1.82) is 0 Å². The lowest BCUT2D eigenvalue weighted by Gasteiger charge is -2.17. The van der Waals surface area contributed by atoms with E-state index >= 15 is 0 Å². The van der Waals surface area contributed by atoms with Crippen LogP contribution in [0.1, 0.15) is 39.0 Å². The highest BCUT2D eigenvalue weighted by Gasteiger charge is 2.29. The summed E-state index contributed by atoms with van der Waals surface area (Å²) in [5, 5.41) is 0. The highest BCUT2D eigenvalue weighted by Crippen LogP contribution is 2.32. The molecule has 0 unspecified atom stereocenters. The van der Waals surface area contributed by atoms with Crippen LogP contribution in [0.15, 0.2) is 36.4 Å². The molecule has 0 atom stereocenters. The van der Waals surface area contributed by atoms with Gasteiger partial charge in [-0.1, -0.05) is 18.2 Å². The molecule has 2 aliphatic rings. The van der Waals surface area contributed by atoms with Gasteiger partial charge in [0.1, 0.15) is 0 Å². The first-order valence-corrected chi connectivity index (χ1v) is 7.88. The summed E-state index contributed by atoms with van der Waals surface area (Å²) in [6.07, 6.45) is 3.84. The highest BCUT2D eigenvalue weighted by atomic mass is 19.1. The van der Waals surface area contributed by atoms with Gasteiger partial charge in [-0.2, -0.15) is 0 Å². The van der Waals surface area contributed by atoms with E-state index < -0.39 is 0 Å². The van der Waals surface area contributed by atoms with E-state index in [2.05, 4.69) is 18.2 Å². The summed E-state index contributed by atoms with van der Waals surface area (Å²) >= 11 is 0. The normalized spacial score (nSPS) is 16.0. The summed E-state index contributed by atoms with van der Waals surface area (Å²) < 4.78 is 12.5. The first-order chi connectivity index (χ1) is 10.8. The topological polar surface area (TPSA) is 20.3 Å². The van der Waals surface area contributed by atoms with Gasteiger partial charge in [0.2, 0.25) is 0 Å². The van der Waals surface area contributed by atoms with Gasteiger partial charge < -0.3 is 4.90 Å². The molecule has 0 bridgehead atoms. The number of anilines is 1. The van der Waals surface area contributed by atoms with E-state index in [1.165, 1.54) is 17.5 Å². The second-order valence-corrected chi connectivity index (χ2v) is 6.13. The Morgan fingerprint density at radius 1 is 1.00 bits per heavy atom. The number of amides is 1. The lowest BCUT2D eigenvalue weighted by molar-refractivity contribution is 0.0996. The molecule has 1 heterocycles. The molecule has 1 amide bonds. The lowest BCUT2D eigenvalue weighted by atomic mass is 10.0. The molecule has 3 heteroatoms. The Labute approximate surface area is 129 Å². The molecule has 112 valence electrons. The monoisotopic (exact) mass is 295 g/mol. The van der Waals surface area contributed by atoms with E-state index in [1.807, 2.05) is 23.1 Å². The summed E-state index contributed by atoms with van der Waals surface area (Å²) in [7, 11) is 0. The summed E-state index contributed by atoms with van der Waals surface area (Å²) in [5.41, 5.74) is 6.43. The summed E-state index contributed by atoms with van der Waals surface area (Å²) in [6.45, 7) is 0.227. The maximum absolute atomic E-state index is 12.7. The van der Waals surface area contributed by atoms with Crippen molar-refractivity contribution in [2.24, 2.45) is 0 Å². The minimum absolute atomic E-state index is 0.0358. The molecule has 0 radical (unpaired) electrons. The maximum atomic E-state index is 12.7. The van der Waals surface area contributed by atoms with E-state index in [1.54, 1.807) is 0 Å². The minimum Gasteiger partial charge on any atom is -0.304 e. The predicted molar refractivity (Wildman–Crippen MR) is 85.1 cm³/mol. The van der Waals surface area contributed by atoms with Crippen molar-refractivity contribution in [3.05, 3.63) is 64.2 Å². The second-order valence-electron chi connectivity index (χ2n) is 6.13. The number of hydrogen-bond donors (Lipinski definition) is 0. The number of alkyl halides is 1. The van der Waals surface area contributed by atoms with Crippen molar-refractivity contribution < 1.29 is 9.18 Å². The van der Waals surface area contributed by atoms with Gasteiger partial charge in [0.05, 0.1) is 13.2 Å². The Bertz CT molecular complexity index is 753. The highest BCUT2D eigenvalue weighted by molar-refractivity contribution is 6.10. The third kappa shape index (κ3) is 2.12. The number of nitrogens with zero attached hydrogens (tertiary/aromatic N) is 1. The molecule has 0 saturated carbocycles. The van der Waals surface area contributed by atoms with Crippen molar-refractivity contribution in [3.8, 4) is 0 Å². The molecular formula is C19H18FNO. The zero-order chi connectivity index (χ0) is 15.1. The molecule has 2 aromatic rings. The lowest BCUT2D eigenvalue weighted by Crippen LogP contribution is -2.23. The van der Waals surface area contributed by atoms with Crippen LogP contribution in [0.5, 0.6) is 0 Å². The average Bonchev–Trinajstić information content (AvgIpc) is 3.12. The maximum Gasteiger partial charge on any atom is 0.258 e. The van der Waals surface area contributed by atoms with Gasteiger partial charge in [-0.25, -0.2) is 0 Å². The van der Waals surface area contributed by atoms with E-state index in [4.69, 9.17) is 0 Å². The number of hydrogen-bond acceptors (Lipinski definition) is 1. The van der Waals surface area contributed by atoms with E-state index in [-0.39, 0.29) is 12.6 Å². The van der Waals surface area contributed by atoms with Crippen LogP contribution in [0.25, 0.3) is 0 Å². The number of rotatable bonds is 3. The van der Waals surface area contributed by atoms with Crippen LogP contribution in [-0.2, 0) is 25.8 Å². The number of aryl methyl sites for hydroxylation is 3. The largest absolute Gasteiger partial charge is 0.304 e. The number of fused-ring (bicyclic) bond motifs is 2. The fourth-order valence-corrected chi connectivity index (χ4v) is 3.55. The van der Waals surface area contributed by atoms with Gasteiger partial charge in [0.25, 0.3) is 5.91 Å². The van der Waals surface area contributed by atoms with Crippen molar-refractivity contribution in [2.45, 2.75) is 32.2 Å². The van der Waals surface area contributed by atoms with E-state index in [9.17, 15) is 9.18 Å². The number of carbonyl (C=O) groups is 1. The molecule has 0 fully saturated rings. The van der Waals surface area contributed by atoms with Crippen LogP contribution < -0.4 is 4.90 Å². The molecule has 1 aliphatic heterocycles. The van der Waals surface area contributed by atoms with Crippen molar-refractivity contribution in [3.63, 3.8) is 0 Å². The van der Waals surface area contributed by atoms with Crippen molar-refractivity contribution >= 4 is 11.6 Å². The summed E-state index contributed by atoms with van der Waals surface area (Å²) in [6, 6.07) is 12.1. The molecule has 0 saturated heterocycles. The van der Waals surface area contributed by atoms with Crippen molar-refractivity contribution in [2.75, 3.05) is 11.6 Å². The zero-order valence-corrected chi connectivity index (χ0v) is 12.4. The number of halogens is 1. The smallest absolute Gasteiger partial charge is 0.258 e. The fraction of sp³-hybridized carbons (Fsp3) is 0.316. The first kappa shape index (κ1) is 13.5. The Balaban J connectivity index is 1.66. The van der Waals surface area contributed by atoms with Crippen LogP contribution >= 0.6 is 0 Å². The quantitative estimate of drug-likeness (QED) is 0.842. The molecule has 0 N–H and O–H groups in total. The van der Waals surface area contributed by atoms with Crippen LogP contribution in [0.4, 0.5) is 10.1 Å². The van der Waals surface area contributed by atoms with Crippen LogP contribution in [0, 0.1) is 0 Å². The Morgan fingerprint density at radius 2 is 1.82 bits per heavy atom. The van der Waals surface area contributed by atoms with Crippen LogP contribution in [-0.4, -0.2) is 12.6 Å². The first-order valence-electron chi connectivity index (χ1n) is 7.88. The fourth-order valence-electron chi connectivity index (χ4n) is 3.55. The van der Waals surface area contributed by atoms with Crippen LogP contribution in [0.2, 0.25) is 0 Å². The molecule has 1 aliphatic carbocycles.